The Morgan fingerprint density at radius 1 is 1.00 bits per heavy atom. The summed E-state index contributed by atoms with van der Waals surface area (Å²) in [6, 6.07) is 11.0. The van der Waals surface area contributed by atoms with Crippen LogP contribution in [0.2, 0.25) is 0 Å². The Bertz CT molecular complexity index is 420. The summed E-state index contributed by atoms with van der Waals surface area (Å²) >= 11 is 0. The molecule has 2 aromatic rings. The molecule has 0 aliphatic heterocycles. The van der Waals surface area contributed by atoms with Crippen LogP contribution >= 0.6 is 0 Å². The Morgan fingerprint density at radius 2 is 1.85 bits per heavy atom. The molecule has 3 nitrogen and oxygen atoms in total. The molecule has 4 N–H and O–H groups in total. The molecule has 66 valence electrons. The third-order valence-electron chi connectivity index (χ3n) is 1.80. The highest BCUT2D eigenvalue weighted by Gasteiger charge is 2.01. The maximum Gasteiger partial charge on any atom is 0.190 e. The summed E-state index contributed by atoms with van der Waals surface area (Å²) < 4.78 is 5.25. The van der Waals surface area contributed by atoms with Crippen molar-refractivity contribution in [2.45, 2.75) is 0 Å². The fourth-order valence-electron chi connectivity index (χ4n) is 1.20. The van der Waals surface area contributed by atoms with Gasteiger partial charge in [0.1, 0.15) is 5.76 Å². The first-order valence-electron chi connectivity index (χ1n) is 3.97. The molecule has 1 aromatic carbocycles. The Kier molecular flexibility index (Phi) is 1.70. The molecule has 0 saturated heterocycles. The predicted molar refractivity (Wildman–Crippen MR) is 53.0 cm³/mol. The largest absolute Gasteiger partial charge is 0.441 e. The molecule has 0 saturated carbocycles. The molecule has 0 aliphatic rings. The first kappa shape index (κ1) is 7.73. The Labute approximate surface area is 76.0 Å². The van der Waals surface area contributed by atoms with Gasteiger partial charge in [-0.15, -0.1) is 0 Å². The highest BCUT2D eigenvalue weighted by atomic mass is 16.3. The van der Waals surface area contributed by atoms with E-state index in [1.165, 1.54) is 0 Å². The van der Waals surface area contributed by atoms with E-state index >= 15 is 0 Å². The first-order valence-corrected chi connectivity index (χ1v) is 3.97. The number of hydrogen-bond donors (Lipinski definition) is 2. The number of nitrogen functional groups attached to an aromatic ring is 2. The summed E-state index contributed by atoms with van der Waals surface area (Å²) in [6.07, 6.45) is 0. The molecule has 0 aliphatic carbocycles. The van der Waals surface area contributed by atoms with Gasteiger partial charge in [-0.1, -0.05) is 12.1 Å². The maximum atomic E-state index is 5.63. The highest BCUT2D eigenvalue weighted by molar-refractivity contribution is 5.63. The molecule has 3 heteroatoms. The zero-order chi connectivity index (χ0) is 9.26. The Hall–Kier alpha value is -1.90. The van der Waals surface area contributed by atoms with Gasteiger partial charge in [-0.25, -0.2) is 0 Å². The molecule has 13 heavy (non-hydrogen) atoms. The van der Waals surface area contributed by atoms with E-state index in [1.54, 1.807) is 6.07 Å². The lowest BCUT2D eigenvalue weighted by Crippen LogP contribution is -1.83. The molecule has 0 spiro atoms. The van der Waals surface area contributed by atoms with Crippen LogP contribution in [0, 0.1) is 0 Å². The summed E-state index contributed by atoms with van der Waals surface area (Å²) in [4.78, 5) is 0. The summed E-state index contributed by atoms with van der Waals surface area (Å²) in [5.74, 6) is 1.15. The van der Waals surface area contributed by atoms with Gasteiger partial charge in [0.2, 0.25) is 0 Å². The third-order valence-corrected chi connectivity index (χ3v) is 1.80. The molecule has 2 rings (SSSR count). The average molecular weight is 174 g/mol. The summed E-state index contributed by atoms with van der Waals surface area (Å²) in [6.45, 7) is 0. The minimum absolute atomic E-state index is 0.414. The number of nitrogens with two attached hydrogens (primary N) is 2. The highest BCUT2D eigenvalue weighted by Crippen LogP contribution is 2.24. The van der Waals surface area contributed by atoms with Gasteiger partial charge in [-0.2, -0.15) is 0 Å². The van der Waals surface area contributed by atoms with E-state index in [4.69, 9.17) is 15.9 Å². The van der Waals surface area contributed by atoms with Gasteiger partial charge in [0.05, 0.1) is 0 Å². The molecule has 0 unspecified atom stereocenters. The Morgan fingerprint density at radius 3 is 2.46 bits per heavy atom. The van der Waals surface area contributed by atoms with Crippen LogP contribution in [0.3, 0.4) is 0 Å². The van der Waals surface area contributed by atoms with Crippen LogP contribution in [-0.2, 0) is 0 Å². The van der Waals surface area contributed by atoms with Crippen LogP contribution in [0.1, 0.15) is 0 Å². The summed E-state index contributed by atoms with van der Waals surface area (Å²) in [7, 11) is 0. The molecule has 0 bridgehead atoms. The topological polar surface area (TPSA) is 65.2 Å². The van der Waals surface area contributed by atoms with E-state index in [0.717, 1.165) is 11.3 Å². The lowest BCUT2D eigenvalue weighted by atomic mass is 10.1. The minimum atomic E-state index is 0.414. The number of furan rings is 1. The van der Waals surface area contributed by atoms with Crippen LogP contribution in [0.5, 0.6) is 0 Å². The van der Waals surface area contributed by atoms with Crippen molar-refractivity contribution in [3.63, 3.8) is 0 Å². The Balaban J connectivity index is 2.46. The molecule has 0 amide bonds. The van der Waals surface area contributed by atoms with Crippen molar-refractivity contribution in [3.8, 4) is 11.3 Å². The lowest BCUT2D eigenvalue weighted by Gasteiger charge is -1.97. The van der Waals surface area contributed by atoms with Crippen LogP contribution in [-0.4, -0.2) is 0 Å². The zero-order valence-electron chi connectivity index (χ0n) is 7.03. The SMILES string of the molecule is Nc1cccc(-c2ccc(N)o2)c1. The standard InChI is InChI=1S/C10H10N2O/c11-8-3-1-2-7(6-8)9-4-5-10(12)13-9/h1-6H,11-12H2. The predicted octanol–water partition coefficient (Wildman–Crippen LogP) is 2.11. The van der Waals surface area contributed by atoms with Crippen molar-refractivity contribution in [1.82, 2.24) is 0 Å². The molecule has 0 atom stereocenters. The van der Waals surface area contributed by atoms with Gasteiger partial charge in [0.15, 0.2) is 5.88 Å². The maximum absolute atomic E-state index is 5.63. The normalized spacial score (nSPS) is 10.2. The number of hydrogen-bond acceptors (Lipinski definition) is 3. The van der Waals surface area contributed by atoms with E-state index in [0.29, 0.717) is 11.6 Å². The second-order valence-electron chi connectivity index (χ2n) is 2.83. The monoisotopic (exact) mass is 174 g/mol. The lowest BCUT2D eigenvalue weighted by molar-refractivity contribution is 0.603. The van der Waals surface area contributed by atoms with Crippen molar-refractivity contribution in [2.24, 2.45) is 0 Å². The third kappa shape index (κ3) is 1.49. The van der Waals surface area contributed by atoms with Gasteiger partial charge < -0.3 is 15.9 Å². The molecule has 0 fully saturated rings. The average Bonchev–Trinajstić information content (AvgIpc) is 2.52. The van der Waals surface area contributed by atoms with Gasteiger partial charge >= 0.3 is 0 Å². The van der Waals surface area contributed by atoms with Gasteiger partial charge in [-0.05, 0) is 18.2 Å². The second kappa shape index (κ2) is 2.86. The van der Waals surface area contributed by atoms with Gasteiger partial charge in [0.25, 0.3) is 0 Å². The second-order valence-corrected chi connectivity index (χ2v) is 2.83. The van der Waals surface area contributed by atoms with Crippen LogP contribution in [0.4, 0.5) is 11.6 Å². The number of anilines is 2. The van der Waals surface area contributed by atoms with Gasteiger partial charge in [0, 0.05) is 17.3 Å². The summed E-state index contributed by atoms with van der Waals surface area (Å²) in [5, 5.41) is 0. The smallest absolute Gasteiger partial charge is 0.190 e. The first-order chi connectivity index (χ1) is 6.25. The minimum Gasteiger partial charge on any atom is -0.441 e. The fourth-order valence-corrected chi connectivity index (χ4v) is 1.20. The number of rotatable bonds is 1. The van der Waals surface area contributed by atoms with Crippen molar-refractivity contribution in [3.05, 3.63) is 36.4 Å². The van der Waals surface area contributed by atoms with E-state index in [-0.39, 0.29) is 0 Å². The molecule has 0 radical (unpaired) electrons. The van der Waals surface area contributed by atoms with Crippen LogP contribution in [0.15, 0.2) is 40.8 Å². The van der Waals surface area contributed by atoms with Crippen molar-refractivity contribution in [1.29, 1.82) is 0 Å². The molecular formula is C10H10N2O. The van der Waals surface area contributed by atoms with Crippen molar-refractivity contribution < 1.29 is 4.42 Å². The van der Waals surface area contributed by atoms with E-state index in [9.17, 15) is 0 Å². The number of benzene rings is 1. The zero-order valence-corrected chi connectivity index (χ0v) is 7.03. The summed E-state index contributed by atoms with van der Waals surface area (Å²) in [5.41, 5.74) is 12.7. The fraction of sp³-hybridized carbons (Fsp3) is 0. The van der Waals surface area contributed by atoms with Crippen LogP contribution in [0.25, 0.3) is 11.3 Å². The van der Waals surface area contributed by atoms with E-state index < -0.39 is 0 Å². The quantitative estimate of drug-likeness (QED) is 0.651. The molecule has 1 aromatic heterocycles. The van der Waals surface area contributed by atoms with E-state index in [2.05, 4.69) is 0 Å². The van der Waals surface area contributed by atoms with Crippen molar-refractivity contribution >= 4 is 11.6 Å². The molecular weight excluding hydrogens is 164 g/mol. The molecule has 1 heterocycles. The van der Waals surface area contributed by atoms with Gasteiger partial charge in [-0.3, -0.25) is 0 Å². The van der Waals surface area contributed by atoms with E-state index in [1.807, 2.05) is 30.3 Å². The van der Waals surface area contributed by atoms with Crippen LogP contribution < -0.4 is 11.5 Å². The van der Waals surface area contributed by atoms with Crippen molar-refractivity contribution in [2.75, 3.05) is 11.5 Å².